The van der Waals surface area contributed by atoms with Gasteiger partial charge < -0.3 is 19.5 Å². The lowest BCUT2D eigenvalue weighted by atomic mass is 9.84. The predicted molar refractivity (Wildman–Crippen MR) is 94.9 cm³/mol. The summed E-state index contributed by atoms with van der Waals surface area (Å²) in [7, 11) is 3.23. The van der Waals surface area contributed by atoms with E-state index in [1.165, 1.54) is 0 Å². The van der Waals surface area contributed by atoms with Gasteiger partial charge >= 0.3 is 0 Å². The van der Waals surface area contributed by atoms with Gasteiger partial charge in [0.25, 0.3) is 5.91 Å². The van der Waals surface area contributed by atoms with Crippen LogP contribution in [0.25, 0.3) is 0 Å². The standard InChI is InChI=1S/C18H26ClNO4/c1-13(12-22-2)24-16-8-7-14(11-15(16)19)20-17(21)18(23-3)9-5-4-6-10-18/h7-8,11,13H,4-6,9-10,12H2,1-3H3,(H,20,21)/t13-/m0/s1. The van der Waals surface area contributed by atoms with Crippen LogP contribution < -0.4 is 10.1 Å². The van der Waals surface area contributed by atoms with Crippen molar-refractivity contribution in [1.82, 2.24) is 0 Å². The fraction of sp³-hybridized carbons (Fsp3) is 0.611. The zero-order valence-electron chi connectivity index (χ0n) is 14.6. The highest BCUT2D eigenvalue weighted by atomic mass is 35.5. The molecule has 1 atom stereocenters. The van der Waals surface area contributed by atoms with Gasteiger partial charge in [-0.05, 0) is 38.0 Å². The molecule has 2 rings (SSSR count). The molecular formula is C18H26ClNO4. The first-order valence-corrected chi connectivity index (χ1v) is 8.70. The molecule has 24 heavy (non-hydrogen) atoms. The smallest absolute Gasteiger partial charge is 0.256 e. The summed E-state index contributed by atoms with van der Waals surface area (Å²) < 4.78 is 16.3. The molecule has 1 saturated carbocycles. The zero-order chi connectivity index (χ0) is 17.6. The Labute approximate surface area is 148 Å². The molecule has 0 aromatic heterocycles. The first kappa shape index (κ1) is 19.0. The number of ether oxygens (including phenoxy) is 3. The van der Waals surface area contributed by atoms with Crippen molar-refractivity contribution in [3.8, 4) is 5.75 Å². The van der Waals surface area contributed by atoms with E-state index in [1.54, 1.807) is 32.4 Å². The molecule has 134 valence electrons. The monoisotopic (exact) mass is 355 g/mol. The Hall–Kier alpha value is -1.30. The summed E-state index contributed by atoms with van der Waals surface area (Å²) in [6, 6.07) is 5.23. The van der Waals surface area contributed by atoms with Gasteiger partial charge in [0.05, 0.1) is 11.6 Å². The third-order valence-corrected chi connectivity index (χ3v) is 4.68. The number of hydrogen-bond donors (Lipinski definition) is 1. The van der Waals surface area contributed by atoms with E-state index in [1.807, 2.05) is 6.92 Å². The van der Waals surface area contributed by atoms with E-state index in [0.717, 1.165) is 32.1 Å². The van der Waals surface area contributed by atoms with Crippen molar-refractivity contribution in [2.45, 2.75) is 50.7 Å². The van der Waals surface area contributed by atoms with E-state index in [-0.39, 0.29) is 12.0 Å². The second kappa shape index (κ2) is 8.70. The van der Waals surface area contributed by atoms with Gasteiger partial charge in [-0.15, -0.1) is 0 Å². The minimum absolute atomic E-state index is 0.105. The molecule has 1 amide bonds. The van der Waals surface area contributed by atoms with Crippen LogP contribution in [0, 0.1) is 0 Å². The van der Waals surface area contributed by atoms with Crippen molar-refractivity contribution >= 4 is 23.2 Å². The largest absolute Gasteiger partial charge is 0.487 e. The number of rotatable bonds is 7. The molecule has 1 aromatic carbocycles. The van der Waals surface area contributed by atoms with E-state index >= 15 is 0 Å². The molecule has 0 saturated heterocycles. The first-order chi connectivity index (χ1) is 11.5. The molecule has 0 unspecified atom stereocenters. The van der Waals surface area contributed by atoms with Crippen molar-refractivity contribution in [2.75, 3.05) is 26.1 Å². The van der Waals surface area contributed by atoms with Gasteiger partial charge in [-0.1, -0.05) is 30.9 Å². The molecule has 0 spiro atoms. The minimum Gasteiger partial charge on any atom is -0.487 e. The summed E-state index contributed by atoms with van der Waals surface area (Å²) in [4.78, 5) is 12.7. The second-order valence-corrected chi connectivity index (χ2v) is 6.65. The SMILES string of the molecule is COC[C@H](C)Oc1ccc(NC(=O)C2(OC)CCCCC2)cc1Cl. The summed E-state index contributed by atoms with van der Waals surface area (Å²) in [5.74, 6) is 0.459. The van der Waals surface area contributed by atoms with Gasteiger partial charge in [0.2, 0.25) is 0 Å². The van der Waals surface area contributed by atoms with Crippen molar-refractivity contribution in [1.29, 1.82) is 0 Å². The Kier molecular flexibility index (Phi) is 6.90. The Morgan fingerprint density at radius 2 is 2.00 bits per heavy atom. The van der Waals surface area contributed by atoms with Gasteiger partial charge in [0, 0.05) is 19.9 Å². The predicted octanol–water partition coefficient (Wildman–Crippen LogP) is 4.04. The van der Waals surface area contributed by atoms with Crippen LogP contribution in [0.4, 0.5) is 5.69 Å². The number of amides is 1. The molecule has 1 aromatic rings. The van der Waals surface area contributed by atoms with E-state index < -0.39 is 5.60 Å². The fourth-order valence-electron chi connectivity index (χ4n) is 3.05. The molecule has 0 heterocycles. The topological polar surface area (TPSA) is 56.8 Å². The van der Waals surface area contributed by atoms with Crippen molar-refractivity contribution in [3.63, 3.8) is 0 Å². The summed E-state index contributed by atoms with van der Waals surface area (Å²) >= 11 is 6.26. The van der Waals surface area contributed by atoms with Crippen LogP contribution in [0.1, 0.15) is 39.0 Å². The second-order valence-electron chi connectivity index (χ2n) is 6.24. The Morgan fingerprint density at radius 3 is 2.58 bits per heavy atom. The zero-order valence-corrected chi connectivity index (χ0v) is 15.3. The van der Waals surface area contributed by atoms with E-state index in [9.17, 15) is 4.79 Å². The Morgan fingerprint density at radius 1 is 1.29 bits per heavy atom. The highest BCUT2D eigenvalue weighted by Crippen LogP contribution is 2.33. The van der Waals surface area contributed by atoms with Crippen LogP contribution in [0.5, 0.6) is 5.75 Å². The molecule has 0 bridgehead atoms. The highest BCUT2D eigenvalue weighted by molar-refractivity contribution is 6.32. The quantitative estimate of drug-likeness (QED) is 0.801. The highest BCUT2D eigenvalue weighted by Gasteiger charge is 2.39. The minimum atomic E-state index is -0.729. The number of halogens is 1. The van der Waals surface area contributed by atoms with Crippen LogP contribution in [0.15, 0.2) is 18.2 Å². The molecule has 5 nitrogen and oxygen atoms in total. The lowest BCUT2D eigenvalue weighted by molar-refractivity contribution is -0.141. The third-order valence-electron chi connectivity index (χ3n) is 4.39. The number of nitrogens with one attached hydrogen (secondary N) is 1. The maximum absolute atomic E-state index is 12.7. The van der Waals surface area contributed by atoms with Crippen LogP contribution >= 0.6 is 11.6 Å². The van der Waals surface area contributed by atoms with E-state index in [0.29, 0.717) is 23.1 Å². The number of carbonyl (C=O) groups is 1. The summed E-state index contributed by atoms with van der Waals surface area (Å²) in [5.41, 5.74) is -0.0916. The lowest BCUT2D eigenvalue weighted by Crippen LogP contribution is -2.46. The number of hydrogen-bond acceptors (Lipinski definition) is 4. The normalized spacial score (nSPS) is 18.0. The molecular weight excluding hydrogens is 330 g/mol. The average Bonchev–Trinajstić information content (AvgIpc) is 2.58. The van der Waals surface area contributed by atoms with Crippen molar-refractivity contribution in [3.05, 3.63) is 23.2 Å². The Bertz CT molecular complexity index is 558. The number of benzene rings is 1. The number of methoxy groups -OCH3 is 2. The molecule has 6 heteroatoms. The Balaban J connectivity index is 2.04. The third kappa shape index (κ3) is 4.62. The molecule has 1 fully saturated rings. The maximum atomic E-state index is 12.7. The number of carbonyl (C=O) groups excluding carboxylic acids is 1. The summed E-state index contributed by atoms with van der Waals surface area (Å²) in [5, 5.41) is 3.37. The number of anilines is 1. The average molecular weight is 356 g/mol. The van der Waals surface area contributed by atoms with Crippen LogP contribution in [0.2, 0.25) is 5.02 Å². The van der Waals surface area contributed by atoms with Gasteiger partial charge in [-0.3, -0.25) is 4.79 Å². The van der Waals surface area contributed by atoms with E-state index in [4.69, 9.17) is 25.8 Å². The summed E-state index contributed by atoms with van der Waals surface area (Å²) in [6.07, 6.45) is 4.55. The molecule has 1 N–H and O–H groups in total. The van der Waals surface area contributed by atoms with Gasteiger partial charge in [-0.2, -0.15) is 0 Å². The fourth-order valence-corrected chi connectivity index (χ4v) is 3.28. The van der Waals surface area contributed by atoms with Crippen molar-refractivity contribution in [2.24, 2.45) is 0 Å². The van der Waals surface area contributed by atoms with Crippen LogP contribution in [-0.2, 0) is 14.3 Å². The molecule has 0 aliphatic heterocycles. The van der Waals surface area contributed by atoms with Crippen LogP contribution in [0.3, 0.4) is 0 Å². The van der Waals surface area contributed by atoms with Gasteiger partial charge in [0.1, 0.15) is 17.5 Å². The van der Waals surface area contributed by atoms with Crippen LogP contribution in [-0.4, -0.2) is 38.4 Å². The molecule has 1 aliphatic rings. The van der Waals surface area contributed by atoms with Gasteiger partial charge in [0.15, 0.2) is 0 Å². The molecule has 1 aliphatic carbocycles. The van der Waals surface area contributed by atoms with Gasteiger partial charge in [-0.25, -0.2) is 0 Å². The summed E-state index contributed by atoms with van der Waals surface area (Å²) in [6.45, 7) is 2.38. The maximum Gasteiger partial charge on any atom is 0.256 e. The lowest BCUT2D eigenvalue weighted by Gasteiger charge is -2.34. The first-order valence-electron chi connectivity index (χ1n) is 8.32. The van der Waals surface area contributed by atoms with Crippen molar-refractivity contribution < 1.29 is 19.0 Å². The molecule has 0 radical (unpaired) electrons. The van der Waals surface area contributed by atoms with E-state index in [2.05, 4.69) is 5.32 Å².